The van der Waals surface area contributed by atoms with Gasteiger partial charge in [0, 0.05) is 6.42 Å². The van der Waals surface area contributed by atoms with Gasteiger partial charge in [-0.2, -0.15) is 5.26 Å². The molecule has 0 heterocycles. The van der Waals surface area contributed by atoms with Gasteiger partial charge in [-0.15, -0.1) is 0 Å². The van der Waals surface area contributed by atoms with Gasteiger partial charge in [0.1, 0.15) is 0 Å². The molecule has 1 unspecified atom stereocenters. The lowest BCUT2D eigenvalue weighted by atomic mass is 9.94. The molecule has 1 atom stereocenters. The van der Waals surface area contributed by atoms with E-state index in [1.165, 1.54) is 14.2 Å². The first kappa shape index (κ1) is 14.7. The Kier molecular flexibility index (Phi) is 5.55. The van der Waals surface area contributed by atoms with Crippen LogP contribution >= 0.6 is 0 Å². The molecule has 0 aliphatic rings. The van der Waals surface area contributed by atoms with Crippen LogP contribution in [0.1, 0.15) is 34.7 Å². The van der Waals surface area contributed by atoms with E-state index in [2.05, 4.69) is 4.74 Å². The topological polar surface area (TPSA) is 76.4 Å². The lowest BCUT2D eigenvalue weighted by Crippen LogP contribution is -2.14. The predicted molar refractivity (Wildman–Crippen MR) is 67.4 cm³/mol. The summed E-state index contributed by atoms with van der Waals surface area (Å²) in [5, 5.41) is 8.60. The minimum absolute atomic E-state index is 0.262. The summed E-state index contributed by atoms with van der Waals surface area (Å²) in [6, 6.07) is 8.52. The maximum Gasteiger partial charge on any atom is 0.337 e. The van der Waals surface area contributed by atoms with Crippen LogP contribution in [-0.4, -0.2) is 26.2 Å². The standard InChI is InChI=1S/C14H15NO4/c1-18-13(16)11-7-5-10(6-8-11)12(4-3-9-15)14(17)19-2/h5-8,12H,3-4H2,1-2H3. The van der Waals surface area contributed by atoms with Crippen molar-refractivity contribution in [1.29, 1.82) is 5.26 Å². The molecule has 0 aliphatic carbocycles. The van der Waals surface area contributed by atoms with Gasteiger partial charge in [0.2, 0.25) is 0 Å². The highest BCUT2D eigenvalue weighted by Gasteiger charge is 2.21. The van der Waals surface area contributed by atoms with Crippen LogP contribution in [0.4, 0.5) is 0 Å². The molecule has 100 valence electrons. The van der Waals surface area contributed by atoms with Gasteiger partial charge in [0.15, 0.2) is 0 Å². The van der Waals surface area contributed by atoms with Crippen LogP contribution in [0.25, 0.3) is 0 Å². The molecule has 1 aromatic carbocycles. The van der Waals surface area contributed by atoms with E-state index in [-0.39, 0.29) is 12.4 Å². The minimum atomic E-state index is -0.489. The van der Waals surface area contributed by atoms with Gasteiger partial charge in [-0.3, -0.25) is 4.79 Å². The first-order valence-corrected chi connectivity index (χ1v) is 5.77. The van der Waals surface area contributed by atoms with Crippen LogP contribution in [0.15, 0.2) is 24.3 Å². The number of hydrogen-bond donors (Lipinski definition) is 0. The third-order valence-electron chi connectivity index (χ3n) is 2.76. The molecular formula is C14H15NO4. The number of carbonyl (C=O) groups is 2. The van der Waals surface area contributed by atoms with Crippen LogP contribution in [-0.2, 0) is 14.3 Å². The Hall–Kier alpha value is -2.35. The van der Waals surface area contributed by atoms with Crippen molar-refractivity contribution >= 4 is 11.9 Å². The largest absolute Gasteiger partial charge is 0.469 e. The van der Waals surface area contributed by atoms with Crippen molar-refractivity contribution in [1.82, 2.24) is 0 Å². The van der Waals surface area contributed by atoms with Gasteiger partial charge in [0.25, 0.3) is 0 Å². The summed E-state index contributed by atoms with van der Waals surface area (Å²) in [5.74, 6) is -1.31. The summed E-state index contributed by atoms with van der Waals surface area (Å²) in [7, 11) is 2.62. The van der Waals surface area contributed by atoms with Gasteiger partial charge in [-0.1, -0.05) is 12.1 Å². The Bertz CT molecular complexity index is 487. The SMILES string of the molecule is COC(=O)c1ccc(C(CCC#N)C(=O)OC)cc1. The number of nitriles is 1. The lowest BCUT2D eigenvalue weighted by molar-refractivity contribution is -0.142. The fraction of sp³-hybridized carbons (Fsp3) is 0.357. The first-order chi connectivity index (χ1) is 9.13. The molecule has 5 heteroatoms. The number of benzene rings is 1. The van der Waals surface area contributed by atoms with Gasteiger partial charge < -0.3 is 9.47 Å². The van der Waals surface area contributed by atoms with Crippen molar-refractivity contribution in [2.45, 2.75) is 18.8 Å². The highest BCUT2D eigenvalue weighted by atomic mass is 16.5. The zero-order valence-corrected chi connectivity index (χ0v) is 10.9. The molecule has 5 nitrogen and oxygen atoms in total. The van der Waals surface area contributed by atoms with Crippen LogP contribution in [0.3, 0.4) is 0 Å². The molecule has 0 N–H and O–H groups in total. The Morgan fingerprint density at radius 3 is 2.32 bits per heavy atom. The molecule has 0 aliphatic heterocycles. The molecule has 0 fully saturated rings. The molecule has 0 spiro atoms. The quantitative estimate of drug-likeness (QED) is 0.758. The molecule has 0 amide bonds. The molecule has 0 saturated carbocycles. The second kappa shape index (κ2) is 7.17. The zero-order chi connectivity index (χ0) is 14.3. The second-order valence-electron chi connectivity index (χ2n) is 3.89. The molecule has 19 heavy (non-hydrogen) atoms. The zero-order valence-electron chi connectivity index (χ0n) is 10.9. The van der Waals surface area contributed by atoms with E-state index in [0.29, 0.717) is 12.0 Å². The summed E-state index contributed by atoms with van der Waals surface area (Å²) >= 11 is 0. The molecule has 1 rings (SSSR count). The Morgan fingerprint density at radius 1 is 1.21 bits per heavy atom. The molecule has 0 radical (unpaired) electrons. The highest BCUT2D eigenvalue weighted by molar-refractivity contribution is 5.89. The van der Waals surface area contributed by atoms with E-state index >= 15 is 0 Å². The molecule has 0 saturated heterocycles. The van der Waals surface area contributed by atoms with Crippen molar-refractivity contribution in [2.24, 2.45) is 0 Å². The number of carbonyl (C=O) groups excluding carboxylic acids is 2. The number of methoxy groups -OCH3 is 2. The summed E-state index contributed by atoms with van der Waals surface area (Å²) in [6.45, 7) is 0. The first-order valence-electron chi connectivity index (χ1n) is 5.77. The Morgan fingerprint density at radius 2 is 1.84 bits per heavy atom. The van der Waals surface area contributed by atoms with Crippen molar-refractivity contribution < 1.29 is 19.1 Å². The van der Waals surface area contributed by atoms with Crippen LogP contribution in [0, 0.1) is 11.3 Å². The van der Waals surface area contributed by atoms with E-state index in [1.807, 2.05) is 6.07 Å². The van der Waals surface area contributed by atoms with E-state index in [4.69, 9.17) is 10.00 Å². The lowest BCUT2D eigenvalue weighted by Gasteiger charge is -2.13. The summed E-state index contributed by atoms with van der Waals surface area (Å²) in [6.07, 6.45) is 0.652. The van der Waals surface area contributed by atoms with Crippen LogP contribution in [0.2, 0.25) is 0 Å². The molecule has 0 bridgehead atoms. The van der Waals surface area contributed by atoms with Crippen molar-refractivity contribution in [2.75, 3.05) is 14.2 Å². The molecule has 0 aromatic heterocycles. The second-order valence-corrected chi connectivity index (χ2v) is 3.89. The molecular weight excluding hydrogens is 246 g/mol. The van der Waals surface area contributed by atoms with Gasteiger partial charge >= 0.3 is 11.9 Å². The number of esters is 2. The third-order valence-corrected chi connectivity index (χ3v) is 2.76. The highest BCUT2D eigenvalue weighted by Crippen LogP contribution is 2.23. The minimum Gasteiger partial charge on any atom is -0.469 e. The number of ether oxygens (including phenoxy) is 2. The van der Waals surface area contributed by atoms with Crippen LogP contribution < -0.4 is 0 Å². The monoisotopic (exact) mass is 261 g/mol. The van der Waals surface area contributed by atoms with E-state index in [1.54, 1.807) is 24.3 Å². The Labute approximate surface area is 111 Å². The molecule has 1 aromatic rings. The smallest absolute Gasteiger partial charge is 0.337 e. The Balaban J connectivity index is 2.94. The number of nitrogens with zero attached hydrogens (tertiary/aromatic N) is 1. The van der Waals surface area contributed by atoms with Crippen LogP contribution in [0.5, 0.6) is 0 Å². The normalized spacial score (nSPS) is 11.2. The van der Waals surface area contributed by atoms with Crippen molar-refractivity contribution in [3.8, 4) is 6.07 Å². The fourth-order valence-electron chi connectivity index (χ4n) is 1.74. The average Bonchev–Trinajstić information content (AvgIpc) is 2.47. The summed E-state index contributed by atoms with van der Waals surface area (Å²) in [4.78, 5) is 23.0. The van der Waals surface area contributed by atoms with Gasteiger partial charge in [-0.05, 0) is 24.1 Å². The third kappa shape index (κ3) is 3.81. The number of rotatable bonds is 5. The average molecular weight is 261 g/mol. The maximum absolute atomic E-state index is 11.7. The predicted octanol–water partition coefficient (Wildman–Crippen LogP) is 2.03. The van der Waals surface area contributed by atoms with Crippen molar-refractivity contribution in [3.63, 3.8) is 0 Å². The van der Waals surface area contributed by atoms with E-state index in [0.717, 1.165) is 5.56 Å². The van der Waals surface area contributed by atoms with E-state index in [9.17, 15) is 9.59 Å². The summed E-state index contributed by atoms with van der Waals surface area (Å²) in [5.41, 5.74) is 1.13. The fourth-order valence-corrected chi connectivity index (χ4v) is 1.74. The van der Waals surface area contributed by atoms with E-state index < -0.39 is 11.9 Å². The maximum atomic E-state index is 11.7. The van der Waals surface area contributed by atoms with Crippen molar-refractivity contribution in [3.05, 3.63) is 35.4 Å². The number of hydrogen-bond acceptors (Lipinski definition) is 5. The van der Waals surface area contributed by atoms with Gasteiger partial charge in [0.05, 0.1) is 31.8 Å². The summed E-state index contributed by atoms with van der Waals surface area (Å²) < 4.78 is 9.32. The van der Waals surface area contributed by atoms with Gasteiger partial charge in [-0.25, -0.2) is 4.79 Å².